The van der Waals surface area contributed by atoms with Crippen LogP contribution in [-0.2, 0) is 16.0 Å². The molecule has 20 heavy (non-hydrogen) atoms. The van der Waals surface area contributed by atoms with Gasteiger partial charge in [0.1, 0.15) is 5.82 Å². The van der Waals surface area contributed by atoms with Crippen LogP contribution in [0.15, 0.2) is 24.3 Å². The number of rotatable bonds is 5. The molecule has 1 saturated heterocycles. The minimum atomic E-state index is -0.302. The van der Waals surface area contributed by atoms with Gasteiger partial charge in [-0.1, -0.05) is 12.1 Å². The number of hydrogen-bond acceptors (Lipinski definition) is 2. The van der Waals surface area contributed by atoms with Gasteiger partial charge in [0, 0.05) is 19.0 Å². The summed E-state index contributed by atoms with van der Waals surface area (Å²) in [6.45, 7) is 1.95. The Morgan fingerprint density at radius 2 is 2.15 bits per heavy atom. The van der Waals surface area contributed by atoms with Gasteiger partial charge in [0.2, 0.25) is 5.91 Å². The monoisotopic (exact) mass is 299 g/mol. The highest BCUT2D eigenvalue weighted by atomic mass is 35.5. The molecule has 3 nitrogen and oxygen atoms in total. The third-order valence-electron chi connectivity index (χ3n) is 3.47. The summed E-state index contributed by atoms with van der Waals surface area (Å²) in [5.74, 6) is 0.244. The Bertz CT molecular complexity index is 447. The lowest BCUT2D eigenvalue weighted by Gasteiger charge is -2.32. The Balaban J connectivity index is 1.80. The van der Waals surface area contributed by atoms with E-state index in [2.05, 4.69) is 0 Å². The van der Waals surface area contributed by atoms with Crippen molar-refractivity contribution in [2.75, 3.05) is 25.6 Å². The minimum Gasteiger partial charge on any atom is -0.377 e. The zero-order valence-electron chi connectivity index (χ0n) is 11.4. The van der Waals surface area contributed by atoms with Gasteiger partial charge in [-0.2, -0.15) is 0 Å². The van der Waals surface area contributed by atoms with Gasteiger partial charge in [-0.05, 0) is 30.5 Å². The van der Waals surface area contributed by atoms with Crippen LogP contribution in [0, 0.1) is 5.82 Å². The van der Waals surface area contributed by atoms with E-state index in [1.807, 2.05) is 4.90 Å². The Morgan fingerprint density at radius 1 is 1.40 bits per heavy atom. The normalized spacial score (nSPS) is 16.4. The molecule has 1 amide bonds. The van der Waals surface area contributed by atoms with E-state index < -0.39 is 0 Å². The van der Waals surface area contributed by atoms with Crippen LogP contribution in [0.25, 0.3) is 0 Å². The lowest BCUT2D eigenvalue weighted by atomic mass is 10.1. The first kappa shape index (κ1) is 15.3. The van der Waals surface area contributed by atoms with Gasteiger partial charge in [-0.3, -0.25) is 4.79 Å². The number of hydrogen-bond donors (Lipinski definition) is 0. The zero-order valence-corrected chi connectivity index (χ0v) is 12.1. The molecule has 0 N–H and O–H groups in total. The van der Waals surface area contributed by atoms with Crippen molar-refractivity contribution in [1.29, 1.82) is 0 Å². The van der Waals surface area contributed by atoms with E-state index in [1.165, 1.54) is 12.1 Å². The molecule has 0 aromatic heterocycles. The number of nitrogens with zero attached hydrogens (tertiary/aromatic N) is 1. The molecular weight excluding hydrogens is 281 g/mol. The van der Waals surface area contributed by atoms with Crippen LogP contribution in [0.2, 0.25) is 0 Å². The lowest BCUT2D eigenvalue weighted by Crippen LogP contribution is -2.41. The molecule has 0 bridgehead atoms. The highest BCUT2D eigenvalue weighted by Crippen LogP contribution is 2.15. The number of carbonyl (C=O) groups excluding carboxylic acids is 1. The first-order valence-corrected chi connectivity index (χ1v) is 7.42. The average molecular weight is 300 g/mol. The summed E-state index contributed by atoms with van der Waals surface area (Å²) in [4.78, 5) is 14.0. The predicted octanol–water partition coefficient (Wildman–Crippen LogP) is 2.61. The fourth-order valence-corrected chi connectivity index (χ4v) is 2.51. The van der Waals surface area contributed by atoms with Crippen molar-refractivity contribution < 1.29 is 13.9 Å². The maximum absolute atomic E-state index is 13.1. The second-order valence-electron chi connectivity index (χ2n) is 4.95. The molecule has 5 heteroatoms. The number of piperidine rings is 1. The number of amides is 1. The van der Waals surface area contributed by atoms with Gasteiger partial charge in [0.25, 0.3) is 0 Å². The summed E-state index contributed by atoms with van der Waals surface area (Å²) in [6, 6.07) is 6.20. The molecule has 1 aliphatic heterocycles. The molecule has 0 unspecified atom stereocenters. The van der Waals surface area contributed by atoms with Crippen molar-refractivity contribution in [1.82, 2.24) is 4.90 Å². The molecule has 0 radical (unpaired) electrons. The molecule has 0 spiro atoms. The smallest absolute Gasteiger partial charge is 0.226 e. The first-order valence-electron chi connectivity index (χ1n) is 6.89. The zero-order chi connectivity index (χ0) is 14.4. The van der Waals surface area contributed by atoms with E-state index in [1.54, 1.807) is 12.1 Å². The van der Waals surface area contributed by atoms with Crippen LogP contribution in [0.3, 0.4) is 0 Å². The molecule has 0 aliphatic carbocycles. The molecule has 1 aromatic carbocycles. The maximum atomic E-state index is 13.1. The van der Waals surface area contributed by atoms with Crippen molar-refractivity contribution >= 4 is 17.5 Å². The topological polar surface area (TPSA) is 29.5 Å². The van der Waals surface area contributed by atoms with E-state index >= 15 is 0 Å². The maximum Gasteiger partial charge on any atom is 0.226 e. The van der Waals surface area contributed by atoms with Crippen LogP contribution in [-0.4, -0.2) is 42.5 Å². The lowest BCUT2D eigenvalue weighted by molar-refractivity contribution is -0.133. The molecule has 2 rings (SSSR count). The minimum absolute atomic E-state index is 0.0476. The summed E-state index contributed by atoms with van der Waals surface area (Å²) in [7, 11) is 0. The van der Waals surface area contributed by atoms with Crippen LogP contribution in [0.1, 0.15) is 18.4 Å². The van der Waals surface area contributed by atoms with Gasteiger partial charge >= 0.3 is 0 Å². The Labute approximate surface area is 123 Å². The van der Waals surface area contributed by atoms with Crippen molar-refractivity contribution in [2.24, 2.45) is 0 Å². The fraction of sp³-hybridized carbons (Fsp3) is 0.533. The van der Waals surface area contributed by atoms with Crippen molar-refractivity contribution in [3.63, 3.8) is 0 Å². The number of ether oxygens (including phenoxy) is 1. The second-order valence-corrected chi connectivity index (χ2v) is 5.32. The summed E-state index contributed by atoms with van der Waals surface area (Å²) < 4.78 is 18.7. The van der Waals surface area contributed by atoms with Crippen molar-refractivity contribution in [3.8, 4) is 0 Å². The van der Waals surface area contributed by atoms with Crippen LogP contribution < -0.4 is 0 Å². The van der Waals surface area contributed by atoms with E-state index in [0.29, 0.717) is 25.6 Å². The van der Waals surface area contributed by atoms with Gasteiger partial charge in [-0.25, -0.2) is 4.39 Å². The SMILES string of the molecule is O=C(Cc1cccc(F)c1)N1CCC(OCCCl)CC1. The standard InChI is InChI=1S/C15H19ClFNO2/c16-6-9-20-14-4-7-18(8-5-14)15(19)11-12-2-1-3-13(17)10-12/h1-3,10,14H,4-9,11H2. The van der Waals surface area contributed by atoms with Crippen molar-refractivity contribution in [3.05, 3.63) is 35.6 Å². The molecule has 0 atom stereocenters. The first-order chi connectivity index (χ1) is 9.69. The molecule has 1 aliphatic rings. The summed E-state index contributed by atoms with van der Waals surface area (Å²) in [6.07, 6.45) is 2.13. The van der Waals surface area contributed by atoms with E-state index in [9.17, 15) is 9.18 Å². The molecule has 0 saturated carbocycles. The summed E-state index contributed by atoms with van der Waals surface area (Å²) in [5.41, 5.74) is 0.718. The number of alkyl halides is 1. The van der Waals surface area contributed by atoms with Gasteiger partial charge in [0.15, 0.2) is 0 Å². The summed E-state index contributed by atoms with van der Waals surface area (Å²) in [5, 5.41) is 0. The van der Waals surface area contributed by atoms with E-state index in [-0.39, 0.29) is 24.2 Å². The van der Waals surface area contributed by atoms with E-state index in [0.717, 1.165) is 18.4 Å². The summed E-state index contributed by atoms with van der Waals surface area (Å²) >= 11 is 5.58. The number of carbonyl (C=O) groups is 1. The highest BCUT2D eigenvalue weighted by molar-refractivity contribution is 6.17. The predicted molar refractivity (Wildman–Crippen MR) is 76.4 cm³/mol. The third kappa shape index (κ3) is 4.46. The average Bonchev–Trinajstić information content (AvgIpc) is 2.45. The second kappa shape index (κ2) is 7.60. The highest BCUT2D eigenvalue weighted by Gasteiger charge is 2.23. The molecular formula is C15H19ClFNO2. The van der Waals surface area contributed by atoms with E-state index in [4.69, 9.17) is 16.3 Å². The Kier molecular flexibility index (Phi) is 5.80. The van der Waals surface area contributed by atoms with Gasteiger partial charge in [0.05, 0.1) is 19.1 Å². The quantitative estimate of drug-likeness (QED) is 0.782. The Morgan fingerprint density at radius 3 is 2.80 bits per heavy atom. The number of likely N-dealkylation sites (tertiary alicyclic amines) is 1. The molecule has 1 fully saturated rings. The number of halogens is 2. The molecule has 1 heterocycles. The number of benzene rings is 1. The largest absolute Gasteiger partial charge is 0.377 e. The van der Waals surface area contributed by atoms with Gasteiger partial charge in [-0.15, -0.1) is 11.6 Å². The molecule has 110 valence electrons. The molecule has 1 aromatic rings. The third-order valence-corrected chi connectivity index (χ3v) is 3.62. The van der Waals surface area contributed by atoms with Crippen LogP contribution in [0.5, 0.6) is 0 Å². The van der Waals surface area contributed by atoms with Crippen LogP contribution in [0.4, 0.5) is 4.39 Å². The Hall–Kier alpha value is -1.13. The van der Waals surface area contributed by atoms with Crippen LogP contribution >= 0.6 is 11.6 Å². The van der Waals surface area contributed by atoms with Crippen molar-refractivity contribution in [2.45, 2.75) is 25.4 Å². The van der Waals surface area contributed by atoms with Gasteiger partial charge < -0.3 is 9.64 Å². The fourth-order valence-electron chi connectivity index (χ4n) is 2.42.